The molecule has 22 heavy (non-hydrogen) atoms. The van der Waals surface area contributed by atoms with Crippen molar-refractivity contribution in [3.05, 3.63) is 60.7 Å². The summed E-state index contributed by atoms with van der Waals surface area (Å²) in [6.45, 7) is 12.2. The minimum atomic E-state index is -1.40. The third-order valence-electron chi connectivity index (χ3n) is 3.23. The number of carbonyl (C=O) groups is 2. The highest BCUT2D eigenvalue weighted by Gasteiger charge is 2.42. The summed E-state index contributed by atoms with van der Waals surface area (Å²) in [6.07, 6.45) is 1.31. The summed E-state index contributed by atoms with van der Waals surface area (Å²) in [5.41, 5.74) is 1.13. The van der Waals surface area contributed by atoms with E-state index in [1.807, 2.05) is 44.2 Å². The van der Waals surface area contributed by atoms with Gasteiger partial charge in [-0.2, -0.15) is 0 Å². The Hall–Kier alpha value is -2.36. The molecule has 0 aliphatic rings. The lowest BCUT2D eigenvalue weighted by Crippen LogP contribution is -2.46. The third kappa shape index (κ3) is 4.58. The molecule has 0 fully saturated rings. The minimum absolute atomic E-state index is 0.243. The monoisotopic (exact) mass is 302 g/mol. The molecule has 1 unspecified atom stereocenters. The van der Waals surface area contributed by atoms with Gasteiger partial charge in [-0.05, 0) is 12.5 Å². The number of carbonyl (C=O) groups excluding carboxylic acids is 2. The Bertz CT molecular complexity index is 560. The molecule has 0 N–H and O–H groups in total. The van der Waals surface area contributed by atoms with Crippen LogP contribution in [0.15, 0.2) is 55.1 Å². The number of esters is 2. The summed E-state index contributed by atoms with van der Waals surface area (Å²) >= 11 is 0. The van der Waals surface area contributed by atoms with E-state index in [1.54, 1.807) is 6.92 Å². The zero-order chi connectivity index (χ0) is 16.8. The quantitative estimate of drug-likeness (QED) is 0.440. The first kappa shape index (κ1) is 17.7. The van der Waals surface area contributed by atoms with Crippen LogP contribution in [-0.2, 0) is 25.5 Å². The second kappa shape index (κ2) is 7.59. The van der Waals surface area contributed by atoms with Crippen molar-refractivity contribution in [3.8, 4) is 0 Å². The van der Waals surface area contributed by atoms with Gasteiger partial charge in [-0.1, -0.05) is 57.3 Å². The Labute approximate surface area is 131 Å². The predicted molar refractivity (Wildman–Crippen MR) is 84.9 cm³/mol. The van der Waals surface area contributed by atoms with Crippen molar-refractivity contribution in [2.75, 3.05) is 0 Å². The van der Waals surface area contributed by atoms with Crippen LogP contribution in [0.2, 0.25) is 0 Å². The Balaban J connectivity index is 3.19. The maximum Gasteiger partial charge on any atom is 0.336 e. The highest BCUT2D eigenvalue weighted by Crippen LogP contribution is 2.30. The first-order valence-corrected chi connectivity index (χ1v) is 7.09. The predicted octanol–water partition coefficient (Wildman–Crippen LogP) is 3.43. The Kier molecular flexibility index (Phi) is 6.11. The first-order chi connectivity index (χ1) is 10.3. The average molecular weight is 302 g/mol. The van der Waals surface area contributed by atoms with E-state index >= 15 is 0 Å². The minimum Gasteiger partial charge on any atom is -0.419 e. The maximum atomic E-state index is 12.0. The van der Waals surface area contributed by atoms with E-state index in [2.05, 4.69) is 13.2 Å². The number of rotatable bonds is 7. The largest absolute Gasteiger partial charge is 0.419 e. The molecule has 0 aromatic heterocycles. The Morgan fingerprint density at radius 2 is 1.82 bits per heavy atom. The van der Waals surface area contributed by atoms with Gasteiger partial charge in [0.25, 0.3) is 5.79 Å². The summed E-state index contributed by atoms with van der Waals surface area (Å²) in [5, 5.41) is 0. The molecule has 1 aromatic carbocycles. The SMILES string of the molecule is C=CC(=O)OC(Cc1ccccc1)(OC(=O)C(=C)C)C(C)C. The molecule has 0 aliphatic heterocycles. The molecular weight excluding hydrogens is 280 g/mol. The van der Waals surface area contributed by atoms with Crippen molar-refractivity contribution in [3.63, 3.8) is 0 Å². The summed E-state index contributed by atoms with van der Waals surface area (Å²) in [4.78, 5) is 23.7. The summed E-state index contributed by atoms with van der Waals surface area (Å²) in [7, 11) is 0. The van der Waals surface area contributed by atoms with E-state index in [0.717, 1.165) is 11.6 Å². The van der Waals surface area contributed by atoms with E-state index < -0.39 is 17.7 Å². The molecule has 0 heterocycles. The average Bonchev–Trinajstić information content (AvgIpc) is 2.47. The lowest BCUT2D eigenvalue weighted by molar-refractivity contribution is -0.238. The molecular formula is C18H22O4. The van der Waals surface area contributed by atoms with Crippen molar-refractivity contribution in [1.29, 1.82) is 0 Å². The van der Waals surface area contributed by atoms with Gasteiger partial charge in [-0.15, -0.1) is 0 Å². The van der Waals surface area contributed by atoms with Crippen LogP contribution in [0.1, 0.15) is 26.3 Å². The van der Waals surface area contributed by atoms with E-state index in [1.165, 1.54) is 0 Å². The first-order valence-electron chi connectivity index (χ1n) is 7.09. The zero-order valence-corrected chi connectivity index (χ0v) is 13.3. The van der Waals surface area contributed by atoms with Crippen molar-refractivity contribution < 1.29 is 19.1 Å². The summed E-state index contributed by atoms with van der Waals surface area (Å²) in [6, 6.07) is 9.39. The molecule has 1 aromatic rings. The van der Waals surface area contributed by atoms with E-state index in [-0.39, 0.29) is 17.9 Å². The number of hydrogen-bond donors (Lipinski definition) is 0. The molecule has 1 rings (SSSR count). The van der Waals surface area contributed by atoms with Crippen molar-refractivity contribution in [1.82, 2.24) is 0 Å². The fourth-order valence-electron chi connectivity index (χ4n) is 1.87. The van der Waals surface area contributed by atoms with E-state index in [0.29, 0.717) is 0 Å². The zero-order valence-electron chi connectivity index (χ0n) is 13.3. The molecule has 1 atom stereocenters. The molecule has 0 bridgehead atoms. The molecule has 4 heteroatoms. The van der Waals surface area contributed by atoms with Crippen LogP contribution in [0.4, 0.5) is 0 Å². The standard InChI is InChI=1S/C18H22O4/c1-6-16(19)21-18(14(4)5,22-17(20)13(2)3)12-15-10-8-7-9-11-15/h6-11,14H,1-2,12H2,3-5H3. The van der Waals surface area contributed by atoms with Crippen LogP contribution >= 0.6 is 0 Å². The van der Waals surface area contributed by atoms with Gasteiger partial charge < -0.3 is 9.47 Å². The summed E-state index contributed by atoms with van der Waals surface area (Å²) < 4.78 is 10.9. The summed E-state index contributed by atoms with van der Waals surface area (Å²) in [5.74, 6) is -2.89. The van der Waals surface area contributed by atoms with Crippen molar-refractivity contribution in [2.24, 2.45) is 5.92 Å². The van der Waals surface area contributed by atoms with Gasteiger partial charge >= 0.3 is 11.9 Å². The number of benzene rings is 1. The maximum absolute atomic E-state index is 12.0. The lowest BCUT2D eigenvalue weighted by atomic mass is 9.94. The van der Waals surface area contributed by atoms with Gasteiger partial charge in [0.1, 0.15) is 0 Å². The number of hydrogen-bond acceptors (Lipinski definition) is 4. The Morgan fingerprint density at radius 3 is 2.27 bits per heavy atom. The van der Waals surface area contributed by atoms with Crippen LogP contribution in [0, 0.1) is 5.92 Å². The van der Waals surface area contributed by atoms with Crippen molar-refractivity contribution in [2.45, 2.75) is 33.0 Å². The molecule has 0 radical (unpaired) electrons. The lowest BCUT2D eigenvalue weighted by Gasteiger charge is -2.36. The molecule has 4 nitrogen and oxygen atoms in total. The Morgan fingerprint density at radius 1 is 1.23 bits per heavy atom. The highest BCUT2D eigenvalue weighted by molar-refractivity contribution is 5.87. The molecule has 0 amide bonds. The molecule has 118 valence electrons. The van der Waals surface area contributed by atoms with Crippen LogP contribution in [0.5, 0.6) is 0 Å². The van der Waals surface area contributed by atoms with Gasteiger partial charge in [-0.25, -0.2) is 9.59 Å². The normalized spacial score (nSPS) is 13.1. The number of ether oxygens (including phenoxy) is 2. The van der Waals surface area contributed by atoms with Crippen LogP contribution in [0.3, 0.4) is 0 Å². The van der Waals surface area contributed by atoms with Crippen LogP contribution in [0.25, 0.3) is 0 Å². The fraction of sp³-hybridized carbons (Fsp3) is 0.333. The molecule has 0 aliphatic carbocycles. The van der Waals surface area contributed by atoms with Gasteiger partial charge in [0.15, 0.2) is 0 Å². The topological polar surface area (TPSA) is 52.6 Å². The van der Waals surface area contributed by atoms with Crippen molar-refractivity contribution >= 4 is 11.9 Å². The molecule has 0 saturated carbocycles. The van der Waals surface area contributed by atoms with E-state index in [4.69, 9.17) is 9.47 Å². The van der Waals surface area contributed by atoms with Gasteiger partial charge in [-0.3, -0.25) is 0 Å². The highest BCUT2D eigenvalue weighted by atomic mass is 16.7. The van der Waals surface area contributed by atoms with Gasteiger partial charge in [0.2, 0.25) is 0 Å². The van der Waals surface area contributed by atoms with E-state index in [9.17, 15) is 9.59 Å². The second-order valence-electron chi connectivity index (χ2n) is 5.42. The fourth-order valence-corrected chi connectivity index (χ4v) is 1.87. The second-order valence-corrected chi connectivity index (χ2v) is 5.42. The molecule has 0 saturated heterocycles. The van der Waals surface area contributed by atoms with Gasteiger partial charge in [0.05, 0.1) is 6.42 Å². The van der Waals surface area contributed by atoms with Crippen LogP contribution < -0.4 is 0 Å². The van der Waals surface area contributed by atoms with Gasteiger partial charge in [0, 0.05) is 17.6 Å². The van der Waals surface area contributed by atoms with Crippen LogP contribution in [-0.4, -0.2) is 17.7 Å². The molecule has 0 spiro atoms. The smallest absolute Gasteiger partial charge is 0.336 e. The third-order valence-corrected chi connectivity index (χ3v) is 3.23.